The van der Waals surface area contributed by atoms with Crippen molar-refractivity contribution in [3.8, 4) is 0 Å². The second kappa shape index (κ2) is 13.6. The molecule has 4 N–H and O–H groups in total. The third-order valence-corrected chi connectivity index (χ3v) is 9.93. The topological polar surface area (TPSA) is 169 Å². The highest BCUT2D eigenvalue weighted by molar-refractivity contribution is 6.23. The van der Waals surface area contributed by atoms with Gasteiger partial charge in [-0.25, -0.2) is 4.98 Å². The highest BCUT2D eigenvalue weighted by Gasteiger charge is 2.44. The minimum atomic E-state index is -0.969. The molecule has 12 heteroatoms. The van der Waals surface area contributed by atoms with Crippen molar-refractivity contribution in [3.05, 3.63) is 71.2 Å². The molecule has 1 aliphatic carbocycles. The number of allylic oxidation sites excluding steroid dienone is 1. The fourth-order valence-electron chi connectivity index (χ4n) is 7.18. The Hall–Kier alpha value is -4.97. The third kappa shape index (κ3) is 6.32. The first-order valence-corrected chi connectivity index (χ1v) is 16.8. The van der Waals surface area contributed by atoms with Crippen LogP contribution in [0.25, 0.3) is 16.6 Å². The molecule has 2 saturated heterocycles. The Bertz CT molecular complexity index is 1830. The summed E-state index contributed by atoms with van der Waals surface area (Å²) in [5.41, 5.74) is 11.8. The van der Waals surface area contributed by atoms with Crippen molar-refractivity contribution in [3.63, 3.8) is 0 Å². The number of piperidine rings is 1. The van der Waals surface area contributed by atoms with Gasteiger partial charge in [-0.2, -0.15) is 0 Å². The van der Waals surface area contributed by atoms with Crippen molar-refractivity contribution in [2.24, 2.45) is 16.6 Å². The number of amides is 4. The van der Waals surface area contributed by atoms with Gasteiger partial charge in [-0.15, -0.1) is 0 Å². The Balaban J connectivity index is 0.873. The van der Waals surface area contributed by atoms with E-state index in [9.17, 15) is 19.2 Å². The van der Waals surface area contributed by atoms with Crippen LogP contribution in [0.3, 0.4) is 0 Å². The summed E-state index contributed by atoms with van der Waals surface area (Å²) in [6.45, 7) is 2.28. The first-order valence-electron chi connectivity index (χ1n) is 16.8. The second-order valence-electron chi connectivity index (χ2n) is 13.0. The van der Waals surface area contributed by atoms with E-state index < -0.39 is 29.7 Å². The van der Waals surface area contributed by atoms with Gasteiger partial charge in [0.2, 0.25) is 11.8 Å². The van der Waals surface area contributed by atoms with Crippen LogP contribution in [0.4, 0.5) is 5.69 Å². The van der Waals surface area contributed by atoms with Gasteiger partial charge in [-0.1, -0.05) is 12.1 Å². The van der Waals surface area contributed by atoms with Crippen molar-refractivity contribution >= 4 is 52.1 Å². The number of aromatic nitrogens is 2. The van der Waals surface area contributed by atoms with Crippen molar-refractivity contribution in [1.29, 1.82) is 0 Å². The van der Waals surface area contributed by atoms with E-state index in [1.807, 2.05) is 18.3 Å². The quantitative estimate of drug-likeness (QED) is 0.167. The molecular weight excluding hydrogens is 610 g/mol. The number of aliphatic imine (C=N–C) groups is 1. The van der Waals surface area contributed by atoms with Crippen LogP contribution in [0.2, 0.25) is 0 Å². The number of benzene rings is 2. The lowest BCUT2D eigenvalue weighted by Gasteiger charge is -2.32. The van der Waals surface area contributed by atoms with Crippen LogP contribution >= 0.6 is 0 Å². The maximum absolute atomic E-state index is 13.1. The van der Waals surface area contributed by atoms with Crippen LogP contribution in [-0.2, 0) is 14.3 Å². The molecule has 0 radical (unpaired) electrons. The molecule has 248 valence electrons. The SMILES string of the molecule is NC=C(C=NC1CC(CCCNc2ccc3c(c2)C(=O)N(C2CCC(=O)NC2=O)C3=O)C1)c1cnc2c(C3CCOCC3)cccc2n1. The molecule has 2 aromatic carbocycles. The van der Waals surface area contributed by atoms with Gasteiger partial charge in [0.1, 0.15) is 6.04 Å². The summed E-state index contributed by atoms with van der Waals surface area (Å²) in [5, 5.41) is 5.58. The van der Waals surface area contributed by atoms with Gasteiger partial charge in [-0.3, -0.25) is 39.4 Å². The zero-order valence-corrected chi connectivity index (χ0v) is 26.7. The number of rotatable bonds is 10. The molecule has 48 heavy (non-hydrogen) atoms. The van der Waals surface area contributed by atoms with Crippen LogP contribution in [0.15, 0.2) is 53.8 Å². The average molecular weight is 650 g/mol. The zero-order chi connectivity index (χ0) is 33.2. The van der Waals surface area contributed by atoms with Crippen LogP contribution in [0.5, 0.6) is 0 Å². The number of carbonyl (C=O) groups excluding carboxylic acids is 4. The van der Waals surface area contributed by atoms with E-state index in [-0.39, 0.29) is 30.0 Å². The highest BCUT2D eigenvalue weighted by Crippen LogP contribution is 2.35. The number of fused-ring (bicyclic) bond motifs is 2. The number of nitrogens with zero attached hydrogens (tertiary/aromatic N) is 4. The van der Waals surface area contributed by atoms with Gasteiger partial charge in [0.05, 0.1) is 40.1 Å². The Morgan fingerprint density at radius 1 is 1.06 bits per heavy atom. The molecule has 4 amide bonds. The molecule has 3 aromatic rings. The Labute approximate surface area is 278 Å². The summed E-state index contributed by atoms with van der Waals surface area (Å²) < 4.78 is 5.54. The number of hydrogen-bond acceptors (Lipinski definition) is 10. The first kappa shape index (κ1) is 31.6. The molecule has 1 unspecified atom stereocenters. The number of imide groups is 2. The molecule has 1 atom stereocenters. The van der Waals surface area contributed by atoms with Crippen molar-refractivity contribution < 1.29 is 23.9 Å². The lowest BCUT2D eigenvalue weighted by Crippen LogP contribution is -2.54. The normalized spacial score (nSPS) is 23.5. The molecule has 4 aliphatic rings. The Morgan fingerprint density at radius 3 is 2.67 bits per heavy atom. The van der Waals surface area contributed by atoms with Crippen LogP contribution < -0.4 is 16.4 Å². The fourth-order valence-corrected chi connectivity index (χ4v) is 7.18. The van der Waals surface area contributed by atoms with E-state index in [2.05, 4.69) is 16.7 Å². The molecule has 7 rings (SSSR count). The lowest BCUT2D eigenvalue weighted by atomic mass is 9.78. The largest absolute Gasteiger partial charge is 0.404 e. The molecule has 0 spiro atoms. The first-order chi connectivity index (χ1) is 23.4. The minimum Gasteiger partial charge on any atom is -0.404 e. The molecule has 4 heterocycles. The van der Waals surface area contributed by atoms with Gasteiger partial charge >= 0.3 is 0 Å². The van der Waals surface area contributed by atoms with Gasteiger partial charge in [-0.05, 0) is 86.6 Å². The second-order valence-corrected chi connectivity index (χ2v) is 13.0. The summed E-state index contributed by atoms with van der Waals surface area (Å²) in [6, 6.07) is 10.5. The Morgan fingerprint density at radius 2 is 1.88 bits per heavy atom. The minimum absolute atomic E-state index is 0.0924. The van der Waals surface area contributed by atoms with Crippen LogP contribution in [0, 0.1) is 5.92 Å². The van der Waals surface area contributed by atoms with E-state index >= 15 is 0 Å². The molecule has 3 aliphatic heterocycles. The number of anilines is 1. The van der Waals surface area contributed by atoms with Gasteiger partial charge < -0.3 is 15.8 Å². The van der Waals surface area contributed by atoms with E-state index in [1.165, 1.54) is 5.56 Å². The summed E-state index contributed by atoms with van der Waals surface area (Å²) >= 11 is 0. The number of nitrogens with one attached hydrogen (secondary N) is 2. The predicted octanol–water partition coefficient (Wildman–Crippen LogP) is 3.97. The summed E-state index contributed by atoms with van der Waals surface area (Å²) in [6.07, 6.45) is 11.4. The monoisotopic (exact) mass is 649 g/mol. The maximum atomic E-state index is 13.1. The highest BCUT2D eigenvalue weighted by atomic mass is 16.5. The molecule has 0 bridgehead atoms. The summed E-state index contributed by atoms with van der Waals surface area (Å²) in [5.74, 6) is -0.990. The molecule has 12 nitrogen and oxygen atoms in total. The number of carbonyl (C=O) groups is 4. The molecule has 3 fully saturated rings. The van der Waals surface area contributed by atoms with E-state index in [0.29, 0.717) is 17.5 Å². The number of nitrogens with two attached hydrogens (primary N) is 1. The summed E-state index contributed by atoms with van der Waals surface area (Å²) in [7, 11) is 0. The smallest absolute Gasteiger partial charge is 0.262 e. The maximum Gasteiger partial charge on any atom is 0.262 e. The van der Waals surface area contributed by atoms with E-state index in [4.69, 9.17) is 25.4 Å². The van der Waals surface area contributed by atoms with Crippen LogP contribution in [-0.4, -0.2) is 76.6 Å². The van der Waals surface area contributed by atoms with Crippen molar-refractivity contribution in [1.82, 2.24) is 20.2 Å². The molecule has 1 saturated carbocycles. The van der Waals surface area contributed by atoms with Gasteiger partial charge in [0.25, 0.3) is 11.8 Å². The van der Waals surface area contributed by atoms with E-state index in [0.717, 1.165) is 85.5 Å². The average Bonchev–Trinajstić information content (AvgIpc) is 3.33. The van der Waals surface area contributed by atoms with Crippen LogP contribution in [0.1, 0.15) is 89.3 Å². The van der Waals surface area contributed by atoms with Crippen molar-refractivity contribution in [2.45, 2.75) is 69.4 Å². The molecule has 1 aromatic heterocycles. The predicted molar refractivity (Wildman–Crippen MR) is 180 cm³/mol. The van der Waals surface area contributed by atoms with Gasteiger partial charge in [0.15, 0.2) is 0 Å². The number of para-hydroxylation sites is 1. The van der Waals surface area contributed by atoms with Gasteiger partial charge in [0, 0.05) is 49.9 Å². The third-order valence-electron chi connectivity index (χ3n) is 9.93. The number of ether oxygens (including phenoxy) is 1. The molecular formula is C36H39N7O5. The van der Waals surface area contributed by atoms with E-state index in [1.54, 1.807) is 30.6 Å². The Kier molecular flexibility index (Phi) is 8.98. The fraction of sp³-hybridized carbons (Fsp3) is 0.417. The standard InChI is InChI=1S/C36H39N7O5/c37-18-23(30-20-40-33-26(4-1-5-29(33)41-30)22-10-13-48-14-11-22)19-39-25-15-21(16-25)3-2-12-38-24-6-7-27-28(17-24)36(47)43(35(27)46)31-8-9-32(44)42-34(31)45/h1,4-7,17-22,25,31,38H,2-3,8-16,37H2,(H,42,44,45). The van der Waals surface area contributed by atoms with Crippen molar-refractivity contribution in [2.75, 3.05) is 25.1 Å². The number of hydrogen-bond donors (Lipinski definition) is 3. The summed E-state index contributed by atoms with van der Waals surface area (Å²) in [4.78, 5) is 65.2. The lowest BCUT2D eigenvalue weighted by molar-refractivity contribution is -0.136. The zero-order valence-electron chi connectivity index (χ0n) is 26.7.